The third-order valence-corrected chi connectivity index (χ3v) is 10.1. The molecule has 1 aromatic carbocycles. The lowest BCUT2D eigenvalue weighted by Gasteiger charge is -2.39. The van der Waals surface area contributed by atoms with Crippen molar-refractivity contribution in [3.05, 3.63) is 17.7 Å². The van der Waals surface area contributed by atoms with Crippen LogP contribution in [0.2, 0.25) is 0 Å². The molecule has 1 heterocycles. The second kappa shape index (κ2) is 11.3. The zero-order chi connectivity index (χ0) is 31.3. The molecule has 1 aliphatic heterocycles. The Morgan fingerprint density at radius 2 is 1.69 bits per heavy atom. The highest BCUT2D eigenvalue weighted by Crippen LogP contribution is 2.50. The lowest BCUT2D eigenvalue weighted by Crippen LogP contribution is -2.44. The first-order valence-electron chi connectivity index (χ1n) is 13.8. The van der Waals surface area contributed by atoms with Crippen LogP contribution in [-0.2, 0) is 25.5 Å². The van der Waals surface area contributed by atoms with E-state index >= 15 is 4.39 Å². The van der Waals surface area contributed by atoms with Gasteiger partial charge < -0.3 is 14.4 Å². The number of benzene rings is 1. The summed E-state index contributed by atoms with van der Waals surface area (Å²) in [5.74, 6) is -9.52. The van der Waals surface area contributed by atoms with Crippen molar-refractivity contribution in [2.24, 2.45) is 11.3 Å². The number of sulfone groups is 1. The van der Waals surface area contributed by atoms with Gasteiger partial charge in [0.05, 0.1) is 22.8 Å². The van der Waals surface area contributed by atoms with Crippen LogP contribution in [0.15, 0.2) is 17.0 Å². The van der Waals surface area contributed by atoms with Crippen molar-refractivity contribution in [2.75, 3.05) is 24.7 Å². The van der Waals surface area contributed by atoms with Gasteiger partial charge in [-0.3, -0.25) is 4.79 Å². The van der Waals surface area contributed by atoms with Crippen LogP contribution in [0.3, 0.4) is 0 Å². The average molecular weight is 636 g/mol. The molecule has 2 saturated carbocycles. The molecule has 0 amide bonds. The molecule has 2 aliphatic carbocycles. The van der Waals surface area contributed by atoms with Gasteiger partial charge in [0.25, 0.3) is 0 Å². The highest BCUT2D eigenvalue weighted by Gasteiger charge is 2.53. The van der Waals surface area contributed by atoms with Crippen LogP contribution < -0.4 is 9.64 Å². The van der Waals surface area contributed by atoms with E-state index in [1.807, 2.05) is 0 Å². The maximum Gasteiger partial charge on any atom is 0.420 e. The number of nitrogens with zero attached hydrogens (tertiary/aromatic N) is 1. The van der Waals surface area contributed by atoms with Crippen LogP contribution in [0.4, 0.5) is 40.8 Å². The Bertz CT molecular complexity index is 1270. The molecule has 0 unspecified atom stereocenters. The van der Waals surface area contributed by atoms with Gasteiger partial charge >= 0.3 is 12.1 Å². The number of alkyl halides is 8. The monoisotopic (exact) mass is 635 g/mol. The number of carbonyl (C=O) groups is 1. The van der Waals surface area contributed by atoms with E-state index in [0.29, 0.717) is 19.1 Å². The Balaban J connectivity index is 1.80. The van der Waals surface area contributed by atoms with Gasteiger partial charge in [-0.2, -0.15) is 13.2 Å². The van der Waals surface area contributed by atoms with Crippen LogP contribution in [0.25, 0.3) is 0 Å². The lowest BCUT2D eigenvalue weighted by molar-refractivity contribution is -0.151. The van der Waals surface area contributed by atoms with E-state index in [1.54, 1.807) is 6.92 Å². The number of fused-ring (bicyclic) bond motifs is 1. The Labute approximate surface area is 238 Å². The summed E-state index contributed by atoms with van der Waals surface area (Å²) in [7, 11) is -5.06. The smallest absolute Gasteiger partial charge is 0.420 e. The van der Waals surface area contributed by atoms with Gasteiger partial charge in [-0.1, -0.05) is 0 Å². The molecule has 2 fully saturated rings. The molecular weight excluding hydrogens is 602 g/mol. The summed E-state index contributed by atoms with van der Waals surface area (Å²) in [5, 5.41) is 0. The number of hydrogen-bond acceptors (Lipinski definition) is 6. The van der Waals surface area contributed by atoms with Gasteiger partial charge in [0.2, 0.25) is 27.2 Å². The van der Waals surface area contributed by atoms with E-state index < -0.39 is 117 Å². The molecule has 15 heteroatoms. The van der Waals surface area contributed by atoms with Gasteiger partial charge in [-0.15, -0.1) is 0 Å². The predicted octanol–water partition coefficient (Wildman–Crippen LogP) is 6.95. The zero-order valence-corrected chi connectivity index (χ0v) is 23.9. The number of carbonyl (C=O) groups excluding carboxylic acids is 1. The van der Waals surface area contributed by atoms with Crippen molar-refractivity contribution < 1.29 is 57.8 Å². The summed E-state index contributed by atoms with van der Waals surface area (Å²) in [6, 6.07) is 0.144. The Hall–Kier alpha value is -2.32. The SMILES string of the molecule is CCOC(=O)C1(COc2cc3c(cc2C(F)(F)F)N(C2CCC(F)(F)CC2)C[C@H](CCC(C)(F)F)[C@H](F)S3(=O)=O)CC1. The van der Waals surface area contributed by atoms with Crippen molar-refractivity contribution in [1.82, 2.24) is 0 Å². The van der Waals surface area contributed by atoms with Gasteiger partial charge in [0.15, 0.2) is 0 Å². The molecule has 0 N–H and O–H groups in total. The first-order valence-corrected chi connectivity index (χ1v) is 15.3. The van der Waals surface area contributed by atoms with Gasteiger partial charge in [0.1, 0.15) is 17.8 Å². The average Bonchev–Trinajstić information content (AvgIpc) is 3.68. The van der Waals surface area contributed by atoms with Gasteiger partial charge in [0, 0.05) is 43.8 Å². The maximum absolute atomic E-state index is 15.7. The molecule has 3 aliphatic rings. The third-order valence-electron chi connectivity index (χ3n) is 8.23. The Morgan fingerprint density at radius 1 is 1.07 bits per heavy atom. The highest BCUT2D eigenvalue weighted by molar-refractivity contribution is 7.92. The minimum atomic E-state index is -5.09. The molecule has 238 valence electrons. The summed E-state index contributed by atoms with van der Waals surface area (Å²) in [5.41, 5.74) is -5.92. The molecule has 42 heavy (non-hydrogen) atoms. The number of hydrogen-bond donors (Lipinski definition) is 0. The number of ether oxygens (including phenoxy) is 2. The van der Waals surface area contributed by atoms with Gasteiger partial charge in [-0.25, -0.2) is 30.4 Å². The van der Waals surface area contributed by atoms with E-state index in [9.17, 15) is 43.9 Å². The predicted molar refractivity (Wildman–Crippen MR) is 135 cm³/mol. The van der Waals surface area contributed by atoms with Crippen LogP contribution in [0, 0.1) is 11.3 Å². The fourth-order valence-electron chi connectivity index (χ4n) is 5.55. The normalized spacial score (nSPS) is 25.3. The number of halogens is 8. The first-order chi connectivity index (χ1) is 19.3. The van der Waals surface area contributed by atoms with E-state index in [0.717, 1.165) is 4.90 Å². The minimum absolute atomic E-state index is 0.0252. The van der Waals surface area contributed by atoms with Crippen molar-refractivity contribution >= 4 is 21.5 Å². The molecular formula is C27H33F8NO5S. The standard InChI is InChI=1S/C27H33F8NO5S/c1-3-40-23(37)25(10-11-25)15-41-20-13-21-19(12-18(20)27(33,34)35)36(17-5-8-26(31,32)9-6-17)14-16(4-7-24(2,29)30)22(28)42(21,38)39/h12-13,16-17,22H,3-11,14-15H2,1-2H3/t16-,22+/m0/s1. The van der Waals surface area contributed by atoms with Crippen LogP contribution >= 0.6 is 0 Å². The molecule has 6 nitrogen and oxygen atoms in total. The number of anilines is 1. The van der Waals surface area contributed by atoms with E-state index in [2.05, 4.69) is 0 Å². The van der Waals surface area contributed by atoms with Crippen molar-refractivity contribution in [3.8, 4) is 5.75 Å². The Kier molecular flexibility index (Phi) is 8.78. The molecule has 1 aromatic rings. The molecule has 0 saturated heterocycles. The van der Waals surface area contributed by atoms with Crippen LogP contribution in [-0.4, -0.2) is 57.5 Å². The molecule has 0 aromatic heterocycles. The van der Waals surface area contributed by atoms with Crippen LogP contribution in [0.5, 0.6) is 5.75 Å². The fraction of sp³-hybridized carbons (Fsp3) is 0.741. The molecule has 0 radical (unpaired) electrons. The third kappa shape index (κ3) is 6.91. The van der Waals surface area contributed by atoms with E-state index in [1.165, 1.54) is 0 Å². The summed E-state index contributed by atoms with van der Waals surface area (Å²) < 4.78 is 151. The second-order valence-electron chi connectivity index (χ2n) is 11.6. The summed E-state index contributed by atoms with van der Waals surface area (Å²) in [6.07, 6.45) is -7.78. The van der Waals surface area contributed by atoms with Crippen molar-refractivity contribution in [1.29, 1.82) is 0 Å². The first kappa shape index (κ1) is 32.6. The molecule has 0 spiro atoms. The van der Waals surface area contributed by atoms with E-state index in [-0.39, 0.29) is 32.3 Å². The summed E-state index contributed by atoms with van der Waals surface area (Å²) in [4.78, 5) is 12.6. The largest absolute Gasteiger partial charge is 0.492 e. The lowest BCUT2D eigenvalue weighted by atomic mass is 9.89. The molecule has 2 atom stereocenters. The summed E-state index contributed by atoms with van der Waals surface area (Å²) >= 11 is 0. The maximum atomic E-state index is 15.7. The highest BCUT2D eigenvalue weighted by atomic mass is 32.2. The van der Waals surface area contributed by atoms with Crippen molar-refractivity contribution in [2.45, 2.75) is 99.7 Å². The van der Waals surface area contributed by atoms with Crippen molar-refractivity contribution in [3.63, 3.8) is 0 Å². The Morgan fingerprint density at radius 3 is 2.21 bits per heavy atom. The molecule has 0 bridgehead atoms. The number of esters is 1. The van der Waals surface area contributed by atoms with Gasteiger partial charge in [-0.05, 0) is 52.0 Å². The quantitative estimate of drug-likeness (QED) is 0.216. The topological polar surface area (TPSA) is 72.9 Å². The van der Waals surface area contributed by atoms with E-state index in [4.69, 9.17) is 9.47 Å². The summed E-state index contributed by atoms with van der Waals surface area (Å²) in [6.45, 7) is 1.03. The zero-order valence-electron chi connectivity index (χ0n) is 23.1. The molecule has 4 rings (SSSR count). The van der Waals surface area contributed by atoms with Crippen LogP contribution in [0.1, 0.15) is 70.8 Å². The fourth-order valence-corrected chi connectivity index (χ4v) is 7.26. The second-order valence-corrected chi connectivity index (χ2v) is 13.6. The number of rotatable bonds is 9. The minimum Gasteiger partial charge on any atom is -0.492 e.